The minimum atomic E-state index is -0.428. The van der Waals surface area contributed by atoms with Crippen LogP contribution in [0.5, 0.6) is 0 Å². The van der Waals surface area contributed by atoms with E-state index in [0.29, 0.717) is 12.2 Å². The van der Waals surface area contributed by atoms with Crippen molar-refractivity contribution in [2.45, 2.75) is 6.29 Å². The van der Waals surface area contributed by atoms with E-state index in [0.717, 1.165) is 6.29 Å². The number of rotatable bonds is 2. The largest absolute Gasteiger partial charge is 0.352 e. The molecule has 1 aliphatic heterocycles. The van der Waals surface area contributed by atoms with Crippen LogP contribution >= 0.6 is 0 Å². The second-order valence-electron chi connectivity index (χ2n) is 1.72. The van der Waals surface area contributed by atoms with Gasteiger partial charge in [0, 0.05) is 12.7 Å². The van der Waals surface area contributed by atoms with Gasteiger partial charge < -0.3 is 9.47 Å². The van der Waals surface area contributed by atoms with Gasteiger partial charge in [-0.3, -0.25) is 4.79 Å². The third kappa shape index (κ3) is 1.17. The summed E-state index contributed by atoms with van der Waals surface area (Å²) in [5, 5.41) is 0. The van der Waals surface area contributed by atoms with Gasteiger partial charge in [0.1, 0.15) is 0 Å². The average Bonchev–Trinajstić information content (AvgIpc) is 2.33. The van der Waals surface area contributed by atoms with E-state index in [4.69, 9.17) is 9.47 Å². The van der Waals surface area contributed by atoms with E-state index in [1.807, 2.05) is 0 Å². The molecule has 3 heteroatoms. The van der Waals surface area contributed by atoms with Gasteiger partial charge in [0.2, 0.25) is 0 Å². The third-order valence-corrected chi connectivity index (χ3v) is 1.19. The average molecular weight is 128 g/mol. The molecular weight excluding hydrogens is 120 g/mol. The van der Waals surface area contributed by atoms with Crippen molar-refractivity contribution in [3.8, 4) is 0 Å². The zero-order valence-electron chi connectivity index (χ0n) is 5.16. The van der Waals surface area contributed by atoms with E-state index >= 15 is 0 Å². The minimum absolute atomic E-state index is 0.428. The van der Waals surface area contributed by atoms with Crippen LogP contribution < -0.4 is 0 Å². The summed E-state index contributed by atoms with van der Waals surface area (Å²) in [4.78, 5) is 10.1. The van der Waals surface area contributed by atoms with Crippen LogP contribution in [0, 0.1) is 0 Å². The molecule has 0 spiro atoms. The Morgan fingerprint density at radius 1 is 2.00 bits per heavy atom. The summed E-state index contributed by atoms with van der Waals surface area (Å²) >= 11 is 0. The topological polar surface area (TPSA) is 35.5 Å². The highest BCUT2D eigenvalue weighted by molar-refractivity contribution is 5.74. The molecule has 0 aromatic carbocycles. The summed E-state index contributed by atoms with van der Waals surface area (Å²) in [7, 11) is 1.51. The number of hydrogen-bond acceptors (Lipinski definition) is 3. The van der Waals surface area contributed by atoms with Gasteiger partial charge in [-0.1, -0.05) is 0 Å². The Bertz CT molecular complexity index is 139. The predicted octanol–water partition coefficient (Wildman–Crippen LogP) is 0.114. The van der Waals surface area contributed by atoms with Crippen molar-refractivity contribution in [3.63, 3.8) is 0 Å². The van der Waals surface area contributed by atoms with Crippen molar-refractivity contribution in [1.82, 2.24) is 0 Å². The second kappa shape index (κ2) is 2.75. The third-order valence-electron chi connectivity index (χ3n) is 1.19. The molecule has 1 aliphatic rings. The first-order chi connectivity index (χ1) is 4.38. The minimum Gasteiger partial charge on any atom is -0.352 e. The maximum atomic E-state index is 10.1. The van der Waals surface area contributed by atoms with Crippen molar-refractivity contribution in [2.24, 2.45) is 0 Å². The number of carbonyl (C=O) groups is 1. The number of carbonyl (C=O) groups excluding carboxylic acids is 1. The summed E-state index contributed by atoms with van der Waals surface area (Å²) in [5.74, 6) is 0. The van der Waals surface area contributed by atoms with Crippen molar-refractivity contribution >= 4 is 6.29 Å². The zero-order valence-corrected chi connectivity index (χ0v) is 5.16. The van der Waals surface area contributed by atoms with E-state index in [9.17, 15) is 4.79 Å². The Kier molecular flexibility index (Phi) is 1.97. The van der Waals surface area contributed by atoms with Gasteiger partial charge >= 0.3 is 0 Å². The predicted molar refractivity (Wildman–Crippen MR) is 30.9 cm³/mol. The summed E-state index contributed by atoms with van der Waals surface area (Å²) in [6.07, 6.45) is 2.03. The number of hydrogen-bond donors (Lipinski definition) is 0. The first kappa shape index (κ1) is 6.45. The highest BCUT2D eigenvalue weighted by Crippen LogP contribution is 2.11. The second-order valence-corrected chi connectivity index (χ2v) is 1.72. The summed E-state index contributed by atoms with van der Waals surface area (Å²) in [6.45, 7) is 0.479. The number of aldehydes is 1. The molecule has 0 saturated heterocycles. The Morgan fingerprint density at radius 3 is 3.22 bits per heavy atom. The van der Waals surface area contributed by atoms with Crippen molar-refractivity contribution in [1.29, 1.82) is 0 Å². The maximum absolute atomic E-state index is 10.1. The fourth-order valence-corrected chi connectivity index (χ4v) is 0.732. The quantitative estimate of drug-likeness (QED) is 0.495. The molecule has 0 radical (unpaired) electrons. The molecule has 1 atom stereocenters. The van der Waals surface area contributed by atoms with Gasteiger partial charge in [-0.25, -0.2) is 0 Å². The smallest absolute Gasteiger partial charge is 0.186 e. The first-order valence-electron chi connectivity index (χ1n) is 2.68. The van der Waals surface area contributed by atoms with Crippen LogP contribution in [-0.4, -0.2) is 26.3 Å². The molecule has 0 aromatic heterocycles. The zero-order chi connectivity index (χ0) is 6.69. The van der Waals surface area contributed by atoms with E-state index in [2.05, 4.69) is 0 Å². The van der Waals surface area contributed by atoms with Gasteiger partial charge in [0.05, 0.1) is 6.61 Å². The fourth-order valence-electron chi connectivity index (χ4n) is 0.732. The summed E-state index contributed by atoms with van der Waals surface area (Å²) in [5.41, 5.74) is 0.581. The van der Waals surface area contributed by atoms with Crippen molar-refractivity contribution < 1.29 is 14.3 Å². The first-order valence-corrected chi connectivity index (χ1v) is 2.68. The lowest BCUT2D eigenvalue weighted by atomic mass is 10.3. The monoisotopic (exact) mass is 128 g/mol. The van der Waals surface area contributed by atoms with Crippen LogP contribution in [0.15, 0.2) is 11.6 Å². The molecule has 0 amide bonds. The molecule has 9 heavy (non-hydrogen) atoms. The Balaban J connectivity index is 2.56. The summed E-state index contributed by atoms with van der Waals surface area (Å²) in [6, 6.07) is 0. The van der Waals surface area contributed by atoms with Crippen LogP contribution in [0.2, 0.25) is 0 Å². The van der Waals surface area contributed by atoms with Crippen LogP contribution in [0.3, 0.4) is 0 Å². The fraction of sp³-hybridized carbons (Fsp3) is 0.500. The van der Waals surface area contributed by atoms with Gasteiger partial charge in [-0.2, -0.15) is 0 Å². The van der Waals surface area contributed by atoms with Crippen LogP contribution in [-0.2, 0) is 14.3 Å². The Morgan fingerprint density at radius 2 is 2.78 bits per heavy atom. The normalized spacial score (nSPS) is 25.9. The molecule has 3 nitrogen and oxygen atoms in total. The van der Waals surface area contributed by atoms with E-state index < -0.39 is 6.29 Å². The van der Waals surface area contributed by atoms with E-state index in [-0.39, 0.29) is 0 Å². The number of ether oxygens (including phenoxy) is 2. The lowest BCUT2D eigenvalue weighted by molar-refractivity contribution is -0.111. The molecule has 1 rings (SSSR count). The molecule has 0 fully saturated rings. The highest BCUT2D eigenvalue weighted by atomic mass is 16.7. The van der Waals surface area contributed by atoms with Gasteiger partial charge in [-0.05, 0) is 6.08 Å². The van der Waals surface area contributed by atoms with Crippen molar-refractivity contribution in [2.75, 3.05) is 13.7 Å². The van der Waals surface area contributed by atoms with Crippen LogP contribution in [0.4, 0.5) is 0 Å². The van der Waals surface area contributed by atoms with E-state index in [1.54, 1.807) is 6.08 Å². The Hall–Kier alpha value is -0.670. The lowest BCUT2D eigenvalue weighted by Crippen LogP contribution is -2.12. The van der Waals surface area contributed by atoms with E-state index in [1.165, 1.54) is 7.11 Å². The molecule has 1 unspecified atom stereocenters. The van der Waals surface area contributed by atoms with Gasteiger partial charge in [0.25, 0.3) is 0 Å². The molecule has 0 bridgehead atoms. The van der Waals surface area contributed by atoms with Gasteiger partial charge in [-0.15, -0.1) is 0 Å². The molecule has 0 aromatic rings. The molecule has 50 valence electrons. The molecule has 1 heterocycles. The molecule has 0 aliphatic carbocycles. The van der Waals surface area contributed by atoms with Crippen LogP contribution in [0.25, 0.3) is 0 Å². The molecule has 0 saturated carbocycles. The SMILES string of the molecule is COC1OCC=C1C=O. The molecular formula is C6H8O3. The Labute approximate surface area is 53.3 Å². The van der Waals surface area contributed by atoms with Crippen molar-refractivity contribution in [3.05, 3.63) is 11.6 Å². The summed E-state index contributed by atoms with van der Waals surface area (Å²) < 4.78 is 9.75. The number of methoxy groups -OCH3 is 1. The molecule has 0 N–H and O–H groups in total. The highest BCUT2D eigenvalue weighted by Gasteiger charge is 2.17. The van der Waals surface area contributed by atoms with Crippen LogP contribution in [0.1, 0.15) is 0 Å². The maximum Gasteiger partial charge on any atom is 0.186 e. The standard InChI is InChI=1S/C6H8O3/c1-8-6-5(4-7)2-3-9-6/h2,4,6H,3H2,1H3. The van der Waals surface area contributed by atoms with Gasteiger partial charge in [0.15, 0.2) is 12.6 Å². The lowest BCUT2D eigenvalue weighted by Gasteiger charge is -2.06.